The summed E-state index contributed by atoms with van der Waals surface area (Å²) in [6, 6.07) is 4.41. The Morgan fingerprint density at radius 2 is 1.94 bits per heavy atom. The molecule has 0 heterocycles. The van der Waals surface area contributed by atoms with E-state index in [4.69, 9.17) is 0 Å². The Hall–Kier alpha value is -0.960. The maximum absolute atomic E-state index is 13.7. The second-order valence-corrected chi connectivity index (χ2v) is 5.48. The van der Waals surface area contributed by atoms with Gasteiger partial charge in [-0.15, -0.1) is 0 Å². The normalized spacial score (nSPS) is 14.8. The highest BCUT2D eigenvalue weighted by Gasteiger charge is 2.29. The van der Waals surface area contributed by atoms with Crippen molar-refractivity contribution < 1.29 is 8.78 Å². The molecule has 1 aromatic carbocycles. The lowest BCUT2D eigenvalue weighted by Crippen LogP contribution is -2.38. The quantitative estimate of drug-likeness (QED) is 0.815. The van der Waals surface area contributed by atoms with Gasteiger partial charge in [-0.05, 0) is 35.9 Å². The van der Waals surface area contributed by atoms with Gasteiger partial charge < -0.3 is 5.32 Å². The molecule has 0 aliphatic carbocycles. The Morgan fingerprint density at radius 3 is 2.50 bits per heavy atom. The first-order chi connectivity index (χ1) is 8.40. The molecule has 0 amide bonds. The molecule has 0 aliphatic heterocycles. The van der Waals surface area contributed by atoms with Crippen LogP contribution in [0.4, 0.5) is 8.78 Å². The number of rotatable bonds is 6. The molecule has 0 aromatic heterocycles. The molecule has 0 saturated heterocycles. The molecule has 0 saturated carbocycles. The highest BCUT2D eigenvalue weighted by molar-refractivity contribution is 5.20. The zero-order valence-electron chi connectivity index (χ0n) is 11.7. The molecule has 3 heteroatoms. The lowest BCUT2D eigenvalue weighted by Gasteiger charge is -2.34. The van der Waals surface area contributed by atoms with Crippen LogP contribution in [0.5, 0.6) is 0 Å². The van der Waals surface area contributed by atoms with Crippen LogP contribution in [-0.4, -0.2) is 13.1 Å². The van der Waals surface area contributed by atoms with Gasteiger partial charge in [-0.25, -0.2) is 8.78 Å². The van der Waals surface area contributed by atoms with Crippen molar-refractivity contribution in [2.75, 3.05) is 13.1 Å². The van der Waals surface area contributed by atoms with E-state index in [-0.39, 0.29) is 5.41 Å². The Bertz CT molecular complexity index is 390. The predicted molar refractivity (Wildman–Crippen MR) is 71.6 cm³/mol. The van der Waals surface area contributed by atoms with E-state index in [1.807, 2.05) is 6.92 Å². The Balaban J connectivity index is 2.93. The summed E-state index contributed by atoms with van der Waals surface area (Å²) in [6.45, 7) is 10.1. The van der Waals surface area contributed by atoms with Gasteiger partial charge in [0.2, 0.25) is 0 Å². The maximum atomic E-state index is 13.7. The number of hydrogen-bond acceptors (Lipinski definition) is 1. The van der Waals surface area contributed by atoms with E-state index in [0.29, 0.717) is 17.9 Å². The lowest BCUT2D eigenvalue weighted by molar-refractivity contribution is 0.206. The molecule has 1 N–H and O–H groups in total. The van der Waals surface area contributed by atoms with Gasteiger partial charge >= 0.3 is 0 Å². The Labute approximate surface area is 109 Å². The maximum Gasteiger partial charge on any atom is 0.162 e. The minimum Gasteiger partial charge on any atom is -0.316 e. The van der Waals surface area contributed by atoms with Crippen LogP contribution in [0.2, 0.25) is 0 Å². The molecule has 0 radical (unpaired) electrons. The molecule has 0 spiro atoms. The minimum absolute atomic E-state index is 0.0787. The standard InChI is InChI=1S/C15H23F2N/c1-5-18-10-15(4,11(2)3)9-12-7-6-8-13(16)14(12)17/h6-8,11,18H,5,9-10H2,1-4H3. The predicted octanol–water partition coefficient (Wildman–Crippen LogP) is 3.78. The lowest BCUT2D eigenvalue weighted by atomic mass is 9.74. The number of hydrogen-bond donors (Lipinski definition) is 1. The molecule has 102 valence electrons. The molecule has 1 nitrogen and oxygen atoms in total. The van der Waals surface area contributed by atoms with Crippen LogP contribution in [-0.2, 0) is 6.42 Å². The smallest absolute Gasteiger partial charge is 0.162 e. The van der Waals surface area contributed by atoms with Crippen molar-refractivity contribution in [1.29, 1.82) is 0 Å². The van der Waals surface area contributed by atoms with Crippen LogP contribution in [0.1, 0.15) is 33.3 Å². The fourth-order valence-corrected chi connectivity index (χ4v) is 2.00. The second kappa shape index (κ2) is 6.28. The number of nitrogens with one attached hydrogen (secondary N) is 1. The van der Waals surface area contributed by atoms with Crippen LogP contribution >= 0.6 is 0 Å². The average molecular weight is 255 g/mol. The first-order valence-electron chi connectivity index (χ1n) is 6.54. The molecule has 1 aromatic rings. The van der Waals surface area contributed by atoms with Gasteiger partial charge in [-0.1, -0.05) is 39.8 Å². The average Bonchev–Trinajstić information content (AvgIpc) is 2.32. The molecular formula is C15H23F2N. The summed E-state index contributed by atoms with van der Waals surface area (Å²) in [5.41, 5.74) is 0.383. The molecule has 1 atom stereocenters. The van der Waals surface area contributed by atoms with E-state index < -0.39 is 11.6 Å². The third kappa shape index (κ3) is 3.52. The minimum atomic E-state index is -0.762. The van der Waals surface area contributed by atoms with Crippen molar-refractivity contribution in [2.45, 2.75) is 34.1 Å². The zero-order valence-corrected chi connectivity index (χ0v) is 11.7. The second-order valence-electron chi connectivity index (χ2n) is 5.48. The Kier molecular flexibility index (Phi) is 5.27. The van der Waals surface area contributed by atoms with Crippen molar-refractivity contribution >= 4 is 0 Å². The van der Waals surface area contributed by atoms with Crippen LogP contribution < -0.4 is 5.32 Å². The van der Waals surface area contributed by atoms with Gasteiger partial charge in [0.25, 0.3) is 0 Å². The topological polar surface area (TPSA) is 12.0 Å². The SMILES string of the molecule is CCNCC(C)(Cc1cccc(F)c1F)C(C)C. The molecule has 1 rings (SSSR count). The van der Waals surface area contributed by atoms with Gasteiger partial charge in [0, 0.05) is 6.54 Å². The monoisotopic (exact) mass is 255 g/mol. The summed E-state index contributed by atoms with van der Waals surface area (Å²) in [5.74, 6) is -1.08. The van der Waals surface area contributed by atoms with Gasteiger partial charge in [-0.2, -0.15) is 0 Å². The van der Waals surface area contributed by atoms with E-state index in [1.54, 1.807) is 12.1 Å². The van der Waals surface area contributed by atoms with E-state index >= 15 is 0 Å². The first kappa shape index (κ1) is 15.1. The van der Waals surface area contributed by atoms with Crippen LogP contribution in [0.25, 0.3) is 0 Å². The van der Waals surface area contributed by atoms with Crippen LogP contribution in [0, 0.1) is 23.0 Å². The highest BCUT2D eigenvalue weighted by atomic mass is 19.2. The van der Waals surface area contributed by atoms with Crippen LogP contribution in [0.3, 0.4) is 0 Å². The van der Waals surface area contributed by atoms with Gasteiger partial charge in [0.1, 0.15) is 0 Å². The third-order valence-corrected chi connectivity index (χ3v) is 3.80. The zero-order chi connectivity index (χ0) is 13.8. The fourth-order valence-electron chi connectivity index (χ4n) is 2.00. The van der Waals surface area contributed by atoms with Crippen molar-refractivity contribution in [3.05, 3.63) is 35.4 Å². The summed E-state index contributed by atoms with van der Waals surface area (Å²) in [7, 11) is 0. The molecule has 18 heavy (non-hydrogen) atoms. The van der Waals surface area contributed by atoms with E-state index in [9.17, 15) is 8.78 Å². The van der Waals surface area contributed by atoms with Crippen molar-refractivity contribution in [3.63, 3.8) is 0 Å². The molecular weight excluding hydrogens is 232 g/mol. The van der Waals surface area contributed by atoms with Gasteiger partial charge in [-0.3, -0.25) is 0 Å². The summed E-state index contributed by atoms with van der Waals surface area (Å²) < 4.78 is 26.9. The number of benzene rings is 1. The van der Waals surface area contributed by atoms with E-state index in [0.717, 1.165) is 19.2 Å². The highest BCUT2D eigenvalue weighted by Crippen LogP contribution is 2.31. The van der Waals surface area contributed by atoms with Crippen molar-refractivity contribution in [3.8, 4) is 0 Å². The molecule has 0 fully saturated rings. The van der Waals surface area contributed by atoms with E-state index in [2.05, 4.69) is 26.1 Å². The summed E-state index contributed by atoms with van der Waals surface area (Å²) in [6.07, 6.45) is 0.543. The Morgan fingerprint density at radius 1 is 1.28 bits per heavy atom. The van der Waals surface area contributed by atoms with Crippen molar-refractivity contribution in [1.82, 2.24) is 5.32 Å². The first-order valence-corrected chi connectivity index (χ1v) is 6.54. The number of halogens is 2. The summed E-state index contributed by atoms with van der Waals surface area (Å²) in [4.78, 5) is 0. The molecule has 0 bridgehead atoms. The summed E-state index contributed by atoms with van der Waals surface area (Å²) >= 11 is 0. The summed E-state index contributed by atoms with van der Waals surface area (Å²) in [5, 5.41) is 3.31. The van der Waals surface area contributed by atoms with Gasteiger partial charge in [0.15, 0.2) is 11.6 Å². The fraction of sp³-hybridized carbons (Fsp3) is 0.600. The third-order valence-electron chi connectivity index (χ3n) is 3.80. The van der Waals surface area contributed by atoms with Crippen LogP contribution in [0.15, 0.2) is 18.2 Å². The molecule has 1 unspecified atom stereocenters. The molecule has 0 aliphatic rings. The van der Waals surface area contributed by atoms with Gasteiger partial charge in [0.05, 0.1) is 0 Å². The largest absolute Gasteiger partial charge is 0.316 e. The van der Waals surface area contributed by atoms with Crippen molar-refractivity contribution in [2.24, 2.45) is 11.3 Å². The van der Waals surface area contributed by atoms with E-state index in [1.165, 1.54) is 0 Å².